The summed E-state index contributed by atoms with van der Waals surface area (Å²) in [7, 11) is 0. The van der Waals surface area contributed by atoms with Gasteiger partial charge in [0.15, 0.2) is 0 Å². The van der Waals surface area contributed by atoms with Gasteiger partial charge in [-0.1, -0.05) is 29.9 Å². The van der Waals surface area contributed by atoms with E-state index in [1.165, 1.54) is 5.56 Å². The van der Waals surface area contributed by atoms with E-state index in [4.69, 9.17) is 17.0 Å². The molecule has 0 aliphatic rings. The number of carbonyl (C=O) groups is 1. The minimum atomic E-state index is -0.195. The normalized spacial score (nSPS) is 10.1. The van der Waals surface area contributed by atoms with E-state index >= 15 is 0 Å². The summed E-state index contributed by atoms with van der Waals surface area (Å²) in [6, 6.07) is 11.2. The highest BCUT2D eigenvalue weighted by Gasteiger charge is 2.06. The molecule has 5 heteroatoms. The van der Waals surface area contributed by atoms with Crippen LogP contribution < -0.4 is 10.1 Å². The lowest BCUT2D eigenvalue weighted by atomic mass is 10.2. The molecular weight excluding hydrogens is 272 g/mol. The zero-order valence-electron chi connectivity index (χ0n) is 11.2. The highest BCUT2D eigenvalue weighted by Crippen LogP contribution is 2.10. The Labute approximate surface area is 122 Å². The van der Waals surface area contributed by atoms with Gasteiger partial charge in [-0.2, -0.15) is 0 Å². The maximum absolute atomic E-state index is 11.9. The second kappa shape index (κ2) is 6.86. The Bertz CT molecular complexity index is 635. The van der Waals surface area contributed by atoms with Crippen molar-refractivity contribution in [2.24, 2.45) is 0 Å². The number of aryl methyl sites for hydroxylation is 1. The fraction of sp³-hybridized carbons (Fsp3) is 0.200. The van der Waals surface area contributed by atoms with Crippen LogP contribution in [0.2, 0.25) is 0 Å². The molecular formula is C15H16N2O2S. The van der Waals surface area contributed by atoms with Crippen LogP contribution in [0.1, 0.15) is 15.9 Å². The fourth-order valence-electron chi connectivity index (χ4n) is 1.66. The van der Waals surface area contributed by atoms with Gasteiger partial charge in [0.2, 0.25) is 0 Å². The Hall–Kier alpha value is -2.14. The monoisotopic (exact) mass is 288 g/mol. The zero-order valence-corrected chi connectivity index (χ0v) is 12.0. The Kier molecular flexibility index (Phi) is 4.90. The van der Waals surface area contributed by atoms with Crippen LogP contribution in [0, 0.1) is 11.6 Å². The van der Waals surface area contributed by atoms with Crippen molar-refractivity contribution in [2.75, 3.05) is 13.2 Å². The van der Waals surface area contributed by atoms with Gasteiger partial charge in [-0.25, -0.2) is 0 Å². The molecule has 0 aliphatic heterocycles. The van der Waals surface area contributed by atoms with E-state index in [9.17, 15) is 4.79 Å². The van der Waals surface area contributed by atoms with E-state index < -0.39 is 0 Å². The summed E-state index contributed by atoms with van der Waals surface area (Å²) in [5, 5.41) is 2.77. The lowest BCUT2D eigenvalue weighted by molar-refractivity contribution is 0.0946. The number of amides is 1. The smallest absolute Gasteiger partial charge is 0.254 e. The van der Waals surface area contributed by atoms with Gasteiger partial charge < -0.3 is 15.0 Å². The van der Waals surface area contributed by atoms with Gasteiger partial charge in [0.05, 0.1) is 12.1 Å². The molecule has 0 radical (unpaired) electrons. The van der Waals surface area contributed by atoms with Gasteiger partial charge in [0.25, 0.3) is 5.91 Å². The Morgan fingerprint density at radius 3 is 2.75 bits per heavy atom. The summed E-state index contributed by atoms with van der Waals surface area (Å²) >= 11 is 5.05. The summed E-state index contributed by atoms with van der Waals surface area (Å²) in [6.07, 6.45) is 1.69. The molecule has 1 aromatic heterocycles. The average molecular weight is 288 g/mol. The minimum absolute atomic E-state index is 0.195. The molecule has 0 spiro atoms. The average Bonchev–Trinajstić information content (AvgIpc) is 2.46. The number of H-pyrrole nitrogens is 1. The third-order valence-corrected chi connectivity index (χ3v) is 3.08. The van der Waals surface area contributed by atoms with Crippen LogP contribution in [-0.2, 0) is 0 Å². The number of pyridine rings is 1. The SMILES string of the molecule is Cc1ccc(OCCNC(=O)c2ccc[nH]c2=S)cc1. The predicted octanol–water partition coefficient (Wildman–Crippen LogP) is 2.86. The number of aromatic amines is 1. The number of benzene rings is 1. The lowest BCUT2D eigenvalue weighted by Crippen LogP contribution is -2.28. The van der Waals surface area contributed by atoms with Crippen molar-refractivity contribution in [1.82, 2.24) is 10.3 Å². The topological polar surface area (TPSA) is 54.1 Å². The molecule has 0 saturated carbocycles. The quantitative estimate of drug-likeness (QED) is 0.657. The van der Waals surface area contributed by atoms with Crippen molar-refractivity contribution in [2.45, 2.75) is 6.92 Å². The van der Waals surface area contributed by atoms with Gasteiger partial charge in [-0.15, -0.1) is 0 Å². The van der Waals surface area contributed by atoms with Crippen molar-refractivity contribution in [1.29, 1.82) is 0 Å². The highest BCUT2D eigenvalue weighted by molar-refractivity contribution is 7.71. The molecule has 1 heterocycles. The molecule has 2 rings (SSSR count). The maximum atomic E-state index is 11.9. The number of hydrogen-bond donors (Lipinski definition) is 2. The molecule has 20 heavy (non-hydrogen) atoms. The largest absolute Gasteiger partial charge is 0.492 e. The number of nitrogens with one attached hydrogen (secondary N) is 2. The number of aromatic nitrogens is 1. The molecule has 104 valence electrons. The van der Waals surface area contributed by atoms with Crippen LogP contribution in [0.5, 0.6) is 5.75 Å². The lowest BCUT2D eigenvalue weighted by Gasteiger charge is -2.08. The van der Waals surface area contributed by atoms with Crippen molar-refractivity contribution in [3.63, 3.8) is 0 Å². The van der Waals surface area contributed by atoms with Crippen molar-refractivity contribution in [3.8, 4) is 5.75 Å². The molecule has 0 aliphatic carbocycles. The highest BCUT2D eigenvalue weighted by atomic mass is 32.1. The summed E-state index contributed by atoms with van der Waals surface area (Å²) < 4.78 is 5.96. The third-order valence-electron chi connectivity index (χ3n) is 2.74. The van der Waals surface area contributed by atoms with Gasteiger partial charge >= 0.3 is 0 Å². The first-order chi connectivity index (χ1) is 9.66. The first-order valence-electron chi connectivity index (χ1n) is 6.32. The molecule has 4 nitrogen and oxygen atoms in total. The first kappa shape index (κ1) is 14.3. The van der Waals surface area contributed by atoms with E-state index in [-0.39, 0.29) is 5.91 Å². The molecule has 0 unspecified atom stereocenters. The van der Waals surface area contributed by atoms with E-state index in [0.29, 0.717) is 23.4 Å². The molecule has 0 atom stereocenters. The van der Waals surface area contributed by atoms with Crippen LogP contribution >= 0.6 is 12.2 Å². The molecule has 0 bridgehead atoms. The summed E-state index contributed by atoms with van der Waals surface area (Å²) in [4.78, 5) is 14.7. The second-order valence-electron chi connectivity index (χ2n) is 4.33. The van der Waals surface area contributed by atoms with Crippen LogP contribution in [0.15, 0.2) is 42.6 Å². The van der Waals surface area contributed by atoms with Gasteiger partial charge in [0.1, 0.15) is 17.0 Å². The molecule has 0 fully saturated rings. The van der Waals surface area contributed by atoms with E-state index in [2.05, 4.69) is 10.3 Å². The van der Waals surface area contributed by atoms with Crippen LogP contribution in [0.3, 0.4) is 0 Å². The molecule has 1 aromatic carbocycles. The number of rotatable bonds is 5. The van der Waals surface area contributed by atoms with E-state index in [0.717, 1.165) is 5.75 Å². The maximum Gasteiger partial charge on any atom is 0.254 e. The third kappa shape index (κ3) is 3.93. The number of ether oxygens (including phenoxy) is 1. The Balaban J connectivity index is 1.79. The molecule has 1 amide bonds. The molecule has 2 N–H and O–H groups in total. The van der Waals surface area contributed by atoms with Crippen molar-refractivity contribution < 1.29 is 9.53 Å². The molecule has 0 saturated heterocycles. The summed E-state index contributed by atoms with van der Waals surface area (Å²) in [6.45, 7) is 2.86. The number of hydrogen-bond acceptors (Lipinski definition) is 3. The van der Waals surface area contributed by atoms with E-state index in [1.54, 1.807) is 18.3 Å². The van der Waals surface area contributed by atoms with E-state index in [1.807, 2.05) is 31.2 Å². The predicted molar refractivity (Wildman–Crippen MR) is 80.6 cm³/mol. The zero-order chi connectivity index (χ0) is 14.4. The minimum Gasteiger partial charge on any atom is -0.492 e. The first-order valence-corrected chi connectivity index (χ1v) is 6.73. The number of carbonyl (C=O) groups excluding carboxylic acids is 1. The summed E-state index contributed by atoms with van der Waals surface area (Å²) in [5.41, 5.74) is 1.65. The second-order valence-corrected chi connectivity index (χ2v) is 4.74. The van der Waals surface area contributed by atoms with Crippen LogP contribution in [-0.4, -0.2) is 24.0 Å². The van der Waals surface area contributed by atoms with Crippen LogP contribution in [0.4, 0.5) is 0 Å². The molecule has 2 aromatic rings. The van der Waals surface area contributed by atoms with Gasteiger partial charge in [-0.3, -0.25) is 4.79 Å². The van der Waals surface area contributed by atoms with Gasteiger partial charge in [-0.05, 0) is 31.2 Å². The van der Waals surface area contributed by atoms with Gasteiger partial charge in [0, 0.05) is 6.20 Å². The van der Waals surface area contributed by atoms with Crippen molar-refractivity contribution >= 4 is 18.1 Å². The van der Waals surface area contributed by atoms with Crippen molar-refractivity contribution in [3.05, 3.63) is 58.4 Å². The van der Waals surface area contributed by atoms with Crippen LogP contribution in [0.25, 0.3) is 0 Å². The summed E-state index contributed by atoms with van der Waals surface area (Å²) in [5.74, 6) is 0.598. The standard InChI is InChI=1S/C15H16N2O2S/c1-11-4-6-12(7-5-11)19-10-9-16-14(18)13-3-2-8-17-15(13)20/h2-8H,9-10H2,1H3,(H,16,18)(H,17,20). The fourth-order valence-corrected chi connectivity index (χ4v) is 1.89. The Morgan fingerprint density at radius 1 is 1.30 bits per heavy atom. The Morgan fingerprint density at radius 2 is 2.05 bits per heavy atom.